The van der Waals surface area contributed by atoms with Crippen LogP contribution in [0, 0.1) is 0 Å². The van der Waals surface area contributed by atoms with Crippen LogP contribution in [0.1, 0.15) is 13.8 Å². The van der Waals surface area contributed by atoms with Crippen molar-refractivity contribution in [3.05, 3.63) is 18.3 Å². The number of carbonyl (C=O) groups is 1. The first-order valence-electron chi connectivity index (χ1n) is 5.11. The topological polar surface area (TPSA) is 78.4 Å². The second kappa shape index (κ2) is 6.02. The number of hydrogen-bond donors (Lipinski definition) is 2. The molecule has 0 spiro atoms. The number of aliphatic hydroxyl groups excluding tert-OH is 1. The Morgan fingerprint density at radius 1 is 1.62 bits per heavy atom. The van der Waals surface area contributed by atoms with Crippen LogP contribution in [0.3, 0.4) is 0 Å². The number of amides is 2. The molecule has 6 heteroatoms. The van der Waals surface area contributed by atoms with Crippen LogP contribution in [-0.4, -0.2) is 45.4 Å². The van der Waals surface area contributed by atoms with E-state index in [9.17, 15) is 4.79 Å². The molecule has 88 valence electrons. The molecule has 0 saturated carbocycles. The monoisotopic (exact) mass is 224 g/mol. The molecule has 0 bridgehead atoms. The maximum Gasteiger partial charge on any atom is 0.323 e. The van der Waals surface area contributed by atoms with Crippen LogP contribution >= 0.6 is 0 Å². The number of urea groups is 1. The van der Waals surface area contributed by atoms with Gasteiger partial charge in [0.25, 0.3) is 0 Å². The minimum atomic E-state index is -0.287. The van der Waals surface area contributed by atoms with E-state index in [0.29, 0.717) is 12.4 Å². The highest BCUT2D eigenvalue weighted by atomic mass is 16.3. The van der Waals surface area contributed by atoms with Gasteiger partial charge in [-0.2, -0.15) is 5.10 Å². The molecule has 0 aliphatic carbocycles. The maximum absolute atomic E-state index is 11.8. The highest BCUT2D eigenvalue weighted by molar-refractivity contribution is 5.88. The van der Waals surface area contributed by atoms with Crippen LogP contribution in [0.25, 0.3) is 0 Å². The predicted molar refractivity (Wildman–Crippen MR) is 60.0 cm³/mol. The Morgan fingerprint density at radius 3 is 2.88 bits per heavy atom. The molecule has 0 saturated heterocycles. The molecule has 0 radical (unpaired) electrons. The van der Waals surface area contributed by atoms with Crippen LogP contribution in [0.2, 0.25) is 0 Å². The van der Waals surface area contributed by atoms with Crippen molar-refractivity contribution >= 4 is 11.8 Å². The van der Waals surface area contributed by atoms with Gasteiger partial charge < -0.3 is 10.0 Å². The lowest BCUT2D eigenvalue weighted by Crippen LogP contribution is -2.41. The summed E-state index contributed by atoms with van der Waals surface area (Å²) in [5.41, 5.74) is 0. The number of carbonyl (C=O) groups excluding carboxylic acids is 1. The Labute approximate surface area is 94.3 Å². The Morgan fingerprint density at radius 2 is 2.38 bits per heavy atom. The van der Waals surface area contributed by atoms with Gasteiger partial charge in [-0.3, -0.25) is 5.32 Å². The predicted octanol–water partition coefficient (Wildman–Crippen LogP) is 0.711. The third-order valence-electron chi connectivity index (χ3n) is 2.03. The molecular formula is C10H16N4O2. The van der Waals surface area contributed by atoms with E-state index in [2.05, 4.69) is 15.5 Å². The smallest absolute Gasteiger partial charge is 0.323 e. The lowest BCUT2D eigenvalue weighted by Gasteiger charge is -2.25. The number of hydrogen-bond acceptors (Lipinski definition) is 4. The fourth-order valence-corrected chi connectivity index (χ4v) is 1.25. The molecule has 0 atom stereocenters. The first-order valence-corrected chi connectivity index (χ1v) is 5.11. The fourth-order valence-electron chi connectivity index (χ4n) is 1.25. The second-order valence-corrected chi connectivity index (χ2v) is 3.55. The lowest BCUT2D eigenvalue weighted by molar-refractivity contribution is 0.172. The average molecular weight is 224 g/mol. The fraction of sp³-hybridized carbons (Fsp3) is 0.500. The normalized spacial score (nSPS) is 10.2. The lowest BCUT2D eigenvalue weighted by atomic mass is 10.3. The zero-order chi connectivity index (χ0) is 12.0. The van der Waals surface area contributed by atoms with Gasteiger partial charge in [-0.1, -0.05) is 0 Å². The molecule has 0 unspecified atom stereocenters. The van der Waals surface area contributed by atoms with E-state index < -0.39 is 0 Å². The molecule has 1 heterocycles. The van der Waals surface area contributed by atoms with E-state index in [-0.39, 0.29) is 18.7 Å². The summed E-state index contributed by atoms with van der Waals surface area (Å²) in [7, 11) is 0. The van der Waals surface area contributed by atoms with E-state index in [0.717, 1.165) is 0 Å². The number of rotatable bonds is 4. The Bertz CT molecular complexity index is 329. The SMILES string of the molecule is CC(C)N(CCO)C(=O)Nc1cccnn1. The summed E-state index contributed by atoms with van der Waals surface area (Å²) in [5.74, 6) is 0.399. The zero-order valence-electron chi connectivity index (χ0n) is 9.42. The molecule has 0 aliphatic heterocycles. The van der Waals surface area contributed by atoms with Crippen LogP contribution in [0.4, 0.5) is 10.6 Å². The van der Waals surface area contributed by atoms with Gasteiger partial charge in [0.05, 0.1) is 6.61 Å². The van der Waals surface area contributed by atoms with Gasteiger partial charge in [0.1, 0.15) is 0 Å². The number of aromatic nitrogens is 2. The van der Waals surface area contributed by atoms with Crippen molar-refractivity contribution in [3.8, 4) is 0 Å². The van der Waals surface area contributed by atoms with Gasteiger partial charge in [-0.15, -0.1) is 5.10 Å². The van der Waals surface area contributed by atoms with Crippen molar-refractivity contribution in [2.45, 2.75) is 19.9 Å². The summed E-state index contributed by atoms with van der Waals surface area (Å²) in [6, 6.07) is 3.07. The van der Waals surface area contributed by atoms with Crippen LogP contribution in [0.5, 0.6) is 0 Å². The summed E-state index contributed by atoms with van der Waals surface area (Å²) < 4.78 is 0. The first kappa shape index (κ1) is 12.4. The molecule has 16 heavy (non-hydrogen) atoms. The Kier molecular flexibility index (Phi) is 4.65. The minimum absolute atomic E-state index is 0.0174. The van der Waals surface area contributed by atoms with Crippen LogP contribution in [-0.2, 0) is 0 Å². The third-order valence-corrected chi connectivity index (χ3v) is 2.03. The summed E-state index contributed by atoms with van der Waals surface area (Å²) in [6.45, 7) is 3.99. The molecular weight excluding hydrogens is 208 g/mol. The van der Waals surface area contributed by atoms with E-state index in [4.69, 9.17) is 5.11 Å². The highest BCUT2D eigenvalue weighted by Crippen LogP contribution is 2.04. The van der Waals surface area contributed by atoms with Crippen LogP contribution in [0.15, 0.2) is 18.3 Å². The van der Waals surface area contributed by atoms with Gasteiger partial charge in [0.2, 0.25) is 0 Å². The highest BCUT2D eigenvalue weighted by Gasteiger charge is 2.16. The van der Waals surface area contributed by atoms with Gasteiger partial charge in [-0.05, 0) is 26.0 Å². The van der Waals surface area contributed by atoms with Crippen molar-refractivity contribution in [3.63, 3.8) is 0 Å². The van der Waals surface area contributed by atoms with Crippen molar-refractivity contribution in [1.82, 2.24) is 15.1 Å². The number of nitrogens with one attached hydrogen (secondary N) is 1. The average Bonchev–Trinajstić information content (AvgIpc) is 2.26. The van der Waals surface area contributed by atoms with Crippen LogP contribution < -0.4 is 5.32 Å². The molecule has 0 aliphatic rings. The van der Waals surface area contributed by atoms with Gasteiger partial charge in [-0.25, -0.2) is 4.79 Å². The molecule has 2 N–H and O–H groups in total. The standard InChI is InChI=1S/C10H16N4O2/c1-8(2)14(6-7-15)10(16)12-9-4-3-5-11-13-9/h3-5,8,15H,6-7H2,1-2H3,(H,12,13,16). The quantitative estimate of drug-likeness (QED) is 0.789. The molecule has 6 nitrogen and oxygen atoms in total. The summed E-state index contributed by atoms with van der Waals surface area (Å²) in [4.78, 5) is 13.3. The van der Waals surface area contributed by atoms with E-state index >= 15 is 0 Å². The van der Waals surface area contributed by atoms with Gasteiger partial charge >= 0.3 is 6.03 Å². The van der Waals surface area contributed by atoms with E-state index in [1.807, 2.05) is 13.8 Å². The number of nitrogens with zero attached hydrogens (tertiary/aromatic N) is 3. The maximum atomic E-state index is 11.8. The van der Waals surface area contributed by atoms with Crippen molar-refractivity contribution in [2.75, 3.05) is 18.5 Å². The van der Waals surface area contributed by atoms with Gasteiger partial charge in [0.15, 0.2) is 5.82 Å². The third kappa shape index (κ3) is 3.47. The molecule has 1 aromatic heterocycles. The molecule has 2 amide bonds. The van der Waals surface area contributed by atoms with Crippen molar-refractivity contribution in [1.29, 1.82) is 0 Å². The first-order chi connectivity index (χ1) is 7.65. The molecule has 1 rings (SSSR count). The van der Waals surface area contributed by atoms with Gasteiger partial charge in [0, 0.05) is 18.8 Å². The second-order valence-electron chi connectivity index (χ2n) is 3.55. The Hall–Kier alpha value is -1.69. The van der Waals surface area contributed by atoms with Crippen molar-refractivity contribution in [2.24, 2.45) is 0 Å². The number of aliphatic hydroxyl groups is 1. The Balaban J connectivity index is 2.62. The van der Waals surface area contributed by atoms with E-state index in [1.165, 1.54) is 11.1 Å². The van der Waals surface area contributed by atoms with Crippen molar-refractivity contribution < 1.29 is 9.90 Å². The summed E-state index contributed by atoms with van der Waals surface area (Å²) >= 11 is 0. The zero-order valence-corrected chi connectivity index (χ0v) is 9.42. The van der Waals surface area contributed by atoms with E-state index in [1.54, 1.807) is 12.1 Å². The molecule has 0 fully saturated rings. The summed E-state index contributed by atoms with van der Waals surface area (Å²) in [6.07, 6.45) is 1.53. The summed E-state index contributed by atoms with van der Waals surface area (Å²) in [5, 5.41) is 18.9. The molecule has 0 aromatic carbocycles. The largest absolute Gasteiger partial charge is 0.395 e. The molecule has 1 aromatic rings. The number of anilines is 1. The minimum Gasteiger partial charge on any atom is -0.395 e.